The minimum atomic E-state index is -3.00. The van der Waals surface area contributed by atoms with Gasteiger partial charge in [-0.05, 0) is 0 Å². The van der Waals surface area contributed by atoms with Crippen LogP contribution in [0.5, 0.6) is 0 Å². The van der Waals surface area contributed by atoms with Crippen LogP contribution >= 0.6 is 0 Å². The highest BCUT2D eigenvalue weighted by atomic mass is 32.2. The van der Waals surface area contributed by atoms with Crippen molar-refractivity contribution in [3.05, 3.63) is 0 Å². The second-order valence-electron chi connectivity index (χ2n) is 3.22. The molecule has 0 unspecified atom stereocenters. The zero-order valence-electron chi connectivity index (χ0n) is 7.59. The van der Waals surface area contributed by atoms with Crippen LogP contribution in [0.15, 0.2) is 0 Å². The molecule has 1 rings (SSSR count). The monoisotopic (exact) mass is 223 g/mol. The number of aliphatic hydroxyl groups excluding tert-OH is 1. The molecular weight excluding hydrogens is 210 g/mol. The number of nitrogens with zero attached hydrogens (tertiary/aromatic N) is 1. The number of carboxylic acid groups (broad SMARTS) is 1. The average Bonchev–Trinajstić information content (AvgIpc) is 2.08. The fraction of sp³-hybridized carbons (Fsp3) is 0.857. The number of carboxylic acids is 1. The molecule has 6 nitrogen and oxygen atoms in total. The van der Waals surface area contributed by atoms with Gasteiger partial charge in [0, 0.05) is 13.1 Å². The molecule has 0 aromatic carbocycles. The van der Waals surface area contributed by atoms with Gasteiger partial charge < -0.3 is 10.2 Å². The predicted octanol–water partition coefficient (Wildman–Crippen LogP) is -1.84. The number of rotatable bonds is 3. The third-order valence-electron chi connectivity index (χ3n) is 2.28. The SMILES string of the molecule is O=C(O)[C@H](CO)N1CCS(=O)(=O)CC1. The highest BCUT2D eigenvalue weighted by Crippen LogP contribution is 2.07. The third kappa shape index (κ3) is 2.66. The van der Waals surface area contributed by atoms with Crippen molar-refractivity contribution in [2.75, 3.05) is 31.2 Å². The van der Waals surface area contributed by atoms with E-state index in [1.165, 1.54) is 4.90 Å². The molecule has 0 spiro atoms. The van der Waals surface area contributed by atoms with E-state index in [2.05, 4.69) is 0 Å². The molecule has 1 fully saturated rings. The molecule has 2 N–H and O–H groups in total. The van der Waals surface area contributed by atoms with Crippen LogP contribution in [0.1, 0.15) is 0 Å². The van der Waals surface area contributed by atoms with Crippen molar-refractivity contribution >= 4 is 15.8 Å². The molecule has 1 aliphatic rings. The molecule has 0 aliphatic carbocycles. The zero-order chi connectivity index (χ0) is 10.8. The Bertz CT molecular complexity index is 298. The summed E-state index contributed by atoms with van der Waals surface area (Å²) in [6.07, 6.45) is 0. The lowest BCUT2D eigenvalue weighted by Crippen LogP contribution is -2.50. The van der Waals surface area contributed by atoms with Gasteiger partial charge in [0.05, 0.1) is 18.1 Å². The van der Waals surface area contributed by atoms with Crippen LogP contribution in [-0.2, 0) is 14.6 Å². The van der Waals surface area contributed by atoms with E-state index in [4.69, 9.17) is 10.2 Å². The Morgan fingerprint density at radius 3 is 2.21 bits per heavy atom. The van der Waals surface area contributed by atoms with Gasteiger partial charge in [-0.1, -0.05) is 0 Å². The van der Waals surface area contributed by atoms with Gasteiger partial charge in [0.1, 0.15) is 6.04 Å². The molecule has 14 heavy (non-hydrogen) atoms. The lowest BCUT2D eigenvalue weighted by molar-refractivity contribution is -0.144. The Morgan fingerprint density at radius 2 is 1.86 bits per heavy atom. The first-order valence-electron chi connectivity index (χ1n) is 4.24. The first-order valence-corrected chi connectivity index (χ1v) is 6.06. The van der Waals surface area contributed by atoms with E-state index in [1.807, 2.05) is 0 Å². The van der Waals surface area contributed by atoms with Crippen molar-refractivity contribution in [3.8, 4) is 0 Å². The molecule has 0 amide bonds. The summed E-state index contributed by atoms with van der Waals surface area (Å²) < 4.78 is 22.1. The van der Waals surface area contributed by atoms with Crippen LogP contribution in [-0.4, -0.2) is 66.7 Å². The molecule has 1 heterocycles. The fourth-order valence-corrected chi connectivity index (χ4v) is 2.62. The van der Waals surface area contributed by atoms with Crippen LogP contribution in [0.3, 0.4) is 0 Å². The molecule has 0 radical (unpaired) electrons. The maximum Gasteiger partial charge on any atom is 0.323 e. The Morgan fingerprint density at radius 1 is 1.36 bits per heavy atom. The summed E-state index contributed by atoms with van der Waals surface area (Å²) in [7, 11) is -3.00. The van der Waals surface area contributed by atoms with Gasteiger partial charge >= 0.3 is 5.97 Å². The molecule has 82 valence electrons. The van der Waals surface area contributed by atoms with E-state index in [-0.39, 0.29) is 24.6 Å². The van der Waals surface area contributed by atoms with Crippen LogP contribution in [0.2, 0.25) is 0 Å². The highest BCUT2D eigenvalue weighted by Gasteiger charge is 2.30. The number of carbonyl (C=O) groups is 1. The van der Waals surface area contributed by atoms with Crippen LogP contribution in [0.25, 0.3) is 0 Å². The standard InChI is InChI=1S/C7H13NO5S/c9-5-6(7(10)11)8-1-3-14(12,13)4-2-8/h6,9H,1-5H2,(H,10,11)/t6-/m0/s1. The number of sulfone groups is 1. The fourth-order valence-electron chi connectivity index (χ4n) is 1.39. The number of hydrogen-bond acceptors (Lipinski definition) is 5. The third-order valence-corrected chi connectivity index (χ3v) is 3.89. The first-order chi connectivity index (χ1) is 6.46. The van der Waals surface area contributed by atoms with E-state index in [1.54, 1.807) is 0 Å². The Balaban J connectivity index is 2.60. The number of hydrogen-bond donors (Lipinski definition) is 2. The van der Waals surface area contributed by atoms with Crippen LogP contribution in [0.4, 0.5) is 0 Å². The molecule has 1 atom stereocenters. The van der Waals surface area contributed by atoms with Crippen molar-refractivity contribution in [2.45, 2.75) is 6.04 Å². The summed E-state index contributed by atoms with van der Waals surface area (Å²) >= 11 is 0. The molecule has 0 aromatic heterocycles. The van der Waals surface area contributed by atoms with Crippen LogP contribution < -0.4 is 0 Å². The molecule has 1 aliphatic heterocycles. The zero-order valence-corrected chi connectivity index (χ0v) is 8.40. The lowest BCUT2D eigenvalue weighted by atomic mass is 10.2. The molecule has 0 bridgehead atoms. The maximum atomic E-state index is 11.0. The van der Waals surface area contributed by atoms with Crippen LogP contribution in [0, 0.1) is 0 Å². The van der Waals surface area contributed by atoms with Crippen molar-refractivity contribution in [3.63, 3.8) is 0 Å². The maximum absolute atomic E-state index is 11.0. The first kappa shape index (κ1) is 11.4. The van der Waals surface area contributed by atoms with E-state index in [0.717, 1.165) is 0 Å². The molecule has 1 saturated heterocycles. The molecule has 0 aromatic rings. The van der Waals surface area contributed by atoms with Gasteiger partial charge in [-0.25, -0.2) is 8.42 Å². The van der Waals surface area contributed by atoms with Gasteiger partial charge in [0.2, 0.25) is 0 Å². The normalized spacial score (nSPS) is 24.4. The van der Waals surface area contributed by atoms with Crippen molar-refractivity contribution < 1.29 is 23.4 Å². The largest absolute Gasteiger partial charge is 0.480 e. The molecule has 7 heteroatoms. The Hall–Kier alpha value is -0.660. The Labute approximate surface area is 82.1 Å². The number of aliphatic carboxylic acids is 1. The van der Waals surface area contributed by atoms with E-state index in [9.17, 15) is 13.2 Å². The summed E-state index contributed by atoms with van der Waals surface area (Å²) in [5.74, 6) is -1.18. The number of aliphatic hydroxyl groups is 1. The molecule has 0 saturated carbocycles. The van der Waals surface area contributed by atoms with Gasteiger partial charge in [-0.15, -0.1) is 0 Å². The van der Waals surface area contributed by atoms with E-state index in [0.29, 0.717) is 0 Å². The second-order valence-corrected chi connectivity index (χ2v) is 5.53. The lowest BCUT2D eigenvalue weighted by Gasteiger charge is -2.30. The average molecular weight is 223 g/mol. The minimum absolute atomic E-state index is 0.0310. The smallest absolute Gasteiger partial charge is 0.323 e. The summed E-state index contributed by atoms with van der Waals surface area (Å²) in [5.41, 5.74) is 0. The van der Waals surface area contributed by atoms with Gasteiger partial charge in [-0.2, -0.15) is 0 Å². The quantitative estimate of drug-likeness (QED) is 0.584. The van der Waals surface area contributed by atoms with Gasteiger partial charge in [0.15, 0.2) is 9.84 Å². The highest BCUT2D eigenvalue weighted by molar-refractivity contribution is 7.91. The summed E-state index contributed by atoms with van der Waals surface area (Å²) in [4.78, 5) is 12.1. The summed E-state index contributed by atoms with van der Waals surface area (Å²) in [6, 6.07) is -0.981. The minimum Gasteiger partial charge on any atom is -0.480 e. The summed E-state index contributed by atoms with van der Waals surface area (Å²) in [6.45, 7) is -0.130. The predicted molar refractivity (Wildman–Crippen MR) is 48.7 cm³/mol. The van der Waals surface area contributed by atoms with Gasteiger partial charge in [-0.3, -0.25) is 9.69 Å². The topological polar surface area (TPSA) is 94.9 Å². The van der Waals surface area contributed by atoms with Crippen molar-refractivity contribution in [1.29, 1.82) is 0 Å². The second kappa shape index (κ2) is 4.24. The summed E-state index contributed by atoms with van der Waals surface area (Å²) in [5, 5.41) is 17.5. The van der Waals surface area contributed by atoms with Gasteiger partial charge in [0.25, 0.3) is 0 Å². The Kier molecular flexibility index (Phi) is 3.46. The van der Waals surface area contributed by atoms with E-state index >= 15 is 0 Å². The van der Waals surface area contributed by atoms with Crippen molar-refractivity contribution in [2.24, 2.45) is 0 Å². The molecular formula is C7H13NO5S. The van der Waals surface area contributed by atoms with E-state index < -0.39 is 28.5 Å². The van der Waals surface area contributed by atoms with Crippen molar-refractivity contribution in [1.82, 2.24) is 4.90 Å².